The zero-order valence-electron chi connectivity index (χ0n) is 25.7. The molecule has 0 bridgehead atoms. The highest BCUT2D eigenvalue weighted by Gasteiger charge is 2.77. The van der Waals surface area contributed by atoms with Gasteiger partial charge >= 0.3 is 0 Å². The molecule has 0 radical (unpaired) electrons. The van der Waals surface area contributed by atoms with E-state index >= 15 is 0 Å². The monoisotopic (exact) mass is 832 g/mol. The minimum absolute atomic E-state index is 0.0291. The van der Waals surface area contributed by atoms with E-state index in [1.54, 1.807) is 6.08 Å². The van der Waals surface area contributed by atoms with Crippen molar-refractivity contribution in [2.24, 2.45) is 17.8 Å². The first kappa shape index (κ1) is 33.9. The number of fused-ring (bicyclic) bond motifs is 4. The van der Waals surface area contributed by atoms with E-state index in [2.05, 4.69) is 31.9 Å². The van der Waals surface area contributed by atoms with Crippen molar-refractivity contribution in [3.8, 4) is 11.5 Å². The fourth-order valence-electron chi connectivity index (χ4n) is 7.82. The first-order chi connectivity index (χ1) is 23.2. The molecule has 6 atom stereocenters. The van der Waals surface area contributed by atoms with Gasteiger partial charge in [-0.15, -0.1) is 23.2 Å². The number of halogens is 5. The molecule has 0 aromatic heterocycles. The summed E-state index contributed by atoms with van der Waals surface area (Å²) in [4.78, 5) is 66.8. The number of imide groups is 2. The van der Waals surface area contributed by atoms with Gasteiger partial charge in [0.05, 0.1) is 34.8 Å². The maximum Gasteiger partial charge on any atom is 0.258 e. The number of allylic oxidation sites excluding steroid dienone is 2. The summed E-state index contributed by atoms with van der Waals surface area (Å²) in [6, 6.07) is 12.4. The third-order valence-corrected chi connectivity index (χ3v) is 13.7. The van der Waals surface area contributed by atoms with E-state index in [1.807, 2.05) is 0 Å². The Hall–Kier alpha value is -3.58. The third kappa shape index (κ3) is 4.63. The van der Waals surface area contributed by atoms with Crippen molar-refractivity contribution in [1.29, 1.82) is 0 Å². The number of anilines is 2. The van der Waals surface area contributed by atoms with Gasteiger partial charge in [-0.25, -0.2) is 9.29 Å². The molecule has 4 aliphatic rings. The number of ketones is 1. The summed E-state index contributed by atoms with van der Waals surface area (Å²) in [6.45, 7) is 1.41. The fourth-order valence-corrected chi connectivity index (χ4v) is 9.70. The molecule has 2 saturated heterocycles. The Morgan fingerprint density at radius 1 is 0.918 bits per heavy atom. The van der Waals surface area contributed by atoms with E-state index in [0.29, 0.717) is 26.9 Å². The number of aromatic hydroxyl groups is 1. The second-order valence-corrected chi connectivity index (χ2v) is 15.3. The van der Waals surface area contributed by atoms with Gasteiger partial charge in [0.25, 0.3) is 11.8 Å². The predicted molar refractivity (Wildman–Crippen MR) is 186 cm³/mol. The number of ether oxygens (including phenoxy) is 1. The van der Waals surface area contributed by atoms with E-state index in [9.17, 15) is 33.5 Å². The Bertz CT molecular complexity index is 2040. The third-order valence-electron chi connectivity index (χ3n) is 10.1. The Balaban J connectivity index is 1.42. The highest BCUT2D eigenvalue weighted by atomic mass is 79.9. The predicted octanol–water partition coefficient (Wildman–Crippen LogP) is 7.04. The van der Waals surface area contributed by atoms with Gasteiger partial charge in [-0.2, -0.15) is 0 Å². The first-order valence-corrected chi connectivity index (χ1v) is 17.5. The van der Waals surface area contributed by atoms with Gasteiger partial charge in [-0.3, -0.25) is 28.9 Å². The summed E-state index contributed by atoms with van der Waals surface area (Å²) in [5, 5.41) is 10.8. The molecular formula is C35H25Br2Cl2FN2O7. The number of alkyl halides is 2. The average Bonchev–Trinajstić information content (AvgIpc) is 3.42. The van der Waals surface area contributed by atoms with Crippen LogP contribution in [0.15, 0.2) is 75.2 Å². The molecule has 3 aromatic carbocycles. The summed E-state index contributed by atoms with van der Waals surface area (Å²) >= 11 is 21.8. The number of nitrogens with zero attached hydrogens (tertiary/aromatic N) is 2. The Labute approximate surface area is 306 Å². The number of carbonyl (C=O) groups excluding carboxylic acids is 5. The summed E-state index contributed by atoms with van der Waals surface area (Å²) in [7, 11) is 1.34. The largest absolute Gasteiger partial charge is 0.503 e. The SMILES string of the molecule is COc1cc(C2C3=CCC4C(=O)N(c5ccc(C(C)=O)cc5)C(=O)C4C3CC3(Cl)C(=O)N(c4ccc(F)cc4)C(=O)C23Cl)c(Br)c(Br)c1O. The van der Waals surface area contributed by atoms with Crippen LogP contribution in [0.5, 0.6) is 11.5 Å². The van der Waals surface area contributed by atoms with E-state index < -0.39 is 62.9 Å². The number of hydrogen-bond donors (Lipinski definition) is 1. The van der Waals surface area contributed by atoms with Crippen molar-refractivity contribution in [2.45, 2.75) is 35.4 Å². The Morgan fingerprint density at radius 2 is 1.53 bits per heavy atom. The van der Waals surface area contributed by atoms with E-state index in [-0.39, 0.29) is 40.3 Å². The number of hydrogen-bond acceptors (Lipinski definition) is 7. The van der Waals surface area contributed by atoms with Crippen molar-refractivity contribution >= 4 is 95.8 Å². The fraction of sp³-hybridized carbons (Fsp3) is 0.286. The zero-order valence-corrected chi connectivity index (χ0v) is 30.4. The molecule has 2 aliphatic carbocycles. The van der Waals surface area contributed by atoms with Gasteiger partial charge in [0.2, 0.25) is 11.8 Å². The molecule has 49 heavy (non-hydrogen) atoms. The maximum absolute atomic E-state index is 14.6. The van der Waals surface area contributed by atoms with Gasteiger partial charge in [-0.05, 0) is 118 Å². The molecule has 7 rings (SSSR count). The van der Waals surface area contributed by atoms with Crippen LogP contribution >= 0.6 is 55.1 Å². The quantitative estimate of drug-likeness (QED) is 0.127. The van der Waals surface area contributed by atoms with Crippen LogP contribution in [0.2, 0.25) is 0 Å². The zero-order chi connectivity index (χ0) is 35.3. The second-order valence-electron chi connectivity index (χ2n) is 12.5. The summed E-state index contributed by atoms with van der Waals surface area (Å²) < 4.78 is 19.8. The van der Waals surface area contributed by atoms with E-state index in [1.165, 1.54) is 56.5 Å². The van der Waals surface area contributed by atoms with Crippen LogP contribution in [0.1, 0.15) is 41.6 Å². The summed E-state index contributed by atoms with van der Waals surface area (Å²) in [5.74, 6) is -7.44. The lowest BCUT2D eigenvalue weighted by molar-refractivity contribution is -0.125. The minimum atomic E-state index is -2.19. The minimum Gasteiger partial charge on any atom is -0.503 e. The molecule has 1 saturated carbocycles. The Kier molecular flexibility index (Phi) is 8.13. The van der Waals surface area contributed by atoms with Gasteiger partial charge in [0, 0.05) is 16.0 Å². The lowest BCUT2D eigenvalue weighted by Crippen LogP contribution is -2.60. The molecule has 6 unspecified atom stereocenters. The number of phenols is 1. The molecule has 1 N–H and O–H groups in total. The molecule has 2 heterocycles. The average molecular weight is 835 g/mol. The van der Waals surface area contributed by atoms with Gasteiger partial charge < -0.3 is 9.84 Å². The van der Waals surface area contributed by atoms with E-state index in [0.717, 1.165) is 21.9 Å². The molecule has 3 fully saturated rings. The van der Waals surface area contributed by atoms with Crippen molar-refractivity contribution < 1.29 is 38.2 Å². The van der Waals surface area contributed by atoms with Crippen LogP contribution < -0.4 is 14.5 Å². The second kappa shape index (κ2) is 11.8. The Morgan fingerprint density at radius 3 is 2.14 bits per heavy atom. The van der Waals surface area contributed by atoms with Crippen molar-refractivity contribution in [3.05, 3.63) is 92.1 Å². The molecule has 2 aliphatic heterocycles. The van der Waals surface area contributed by atoms with Crippen molar-refractivity contribution in [2.75, 3.05) is 16.9 Å². The van der Waals surface area contributed by atoms with Crippen LogP contribution in [0, 0.1) is 23.6 Å². The number of Topliss-reactive ketones (excluding diaryl/α,β-unsaturated/α-hetero) is 1. The molecule has 4 amide bonds. The lowest BCUT2D eigenvalue weighted by atomic mass is 9.56. The standard InChI is InChI=1S/C35H25Br2Cl2FN2O7/c1-15(43)16-3-7-18(8-4-16)41-30(45)21-12-11-20-23(25(21)31(41)46)14-34(38)32(47)42(19-9-5-17(40)6-10-19)33(48)35(34,39)26(20)22-13-24(49-2)29(44)28(37)27(22)36/h3-11,13,21,23,25-26,44H,12,14H2,1-2H3. The smallest absolute Gasteiger partial charge is 0.258 e. The lowest BCUT2D eigenvalue weighted by Gasteiger charge is -2.51. The highest BCUT2D eigenvalue weighted by Crippen LogP contribution is 2.67. The molecule has 14 heteroatoms. The van der Waals surface area contributed by atoms with Crippen LogP contribution in [0.3, 0.4) is 0 Å². The number of phenolic OH excluding ortho intramolecular Hbond substituents is 1. The highest BCUT2D eigenvalue weighted by molar-refractivity contribution is 9.13. The van der Waals surface area contributed by atoms with Crippen LogP contribution in [0.4, 0.5) is 15.8 Å². The first-order valence-electron chi connectivity index (χ1n) is 15.1. The number of amides is 4. The number of methoxy groups -OCH3 is 1. The van der Waals surface area contributed by atoms with Crippen molar-refractivity contribution in [3.63, 3.8) is 0 Å². The van der Waals surface area contributed by atoms with E-state index in [4.69, 9.17) is 27.9 Å². The van der Waals surface area contributed by atoms with Crippen LogP contribution in [-0.4, -0.2) is 51.4 Å². The number of rotatable bonds is 5. The van der Waals surface area contributed by atoms with Gasteiger partial charge in [0.1, 0.15) is 5.82 Å². The number of benzene rings is 3. The number of carbonyl (C=O) groups is 5. The van der Waals surface area contributed by atoms with Crippen molar-refractivity contribution in [1.82, 2.24) is 0 Å². The molecule has 3 aromatic rings. The molecule has 9 nitrogen and oxygen atoms in total. The van der Waals surface area contributed by atoms with Crippen LogP contribution in [0.25, 0.3) is 0 Å². The topological polar surface area (TPSA) is 121 Å². The molecular weight excluding hydrogens is 810 g/mol. The summed E-state index contributed by atoms with van der Waals surface area (Å²) in [6.07, 6.45) is 1.64. The molecule has 252 valence electrons. The van der Waals surface area contributed by atoms with Gasteiger partial charge in [-0.1, -0.05) is 11.6 Å². The summed E-state index contributed by atoms with van der Waals surface area (Å²) in [5.41, 5.74) is 1.60. The molecule has 0 spiro atoms. The normalized spacial score (nSPS) is 29.1. The van der Waals surface area contributed by atoms with Crippen LogP contribution in [-0.2, 0) is 19.2 Å². The van der Waals surface area contributed by atoms with Gasteiger partial charge in [0.15, 0.2) is 27.0 Å². The maximum atomic E-state index is 14.6.